The van der Waals surface area contributed by atoms with E-state index < -0.39 is 0 Å². The van der Waals surface area contributed by atoms with Crippen LogP contribution in [0.1, 0.15) is 18.5 Å². The van der Waals surface area contributed by atoms with Crippen LogP contribution < -0.4 is 5.32 Å². The summed E-state index contributed by atoms with van der Waals surface area (Å²) in [6.07, 6.45) is 0. The zero-order valence-electron chi connectivity index (χ0n) is 12.4. The van der Waals surface area contributed by atoms with E-state index in [4.69, 9.17) is 23.2 Å². The van der Waals surface area contributed by atoms with Crippen LogP contribution in [-0.2, 0) is 4.79 Å². The van der Waals surface area contributed by atoms with Crippen molar-refractivity contribution in [1.82, 2.24) is 15.1 Å². The summed E-state index contributed by atoms with van der Waals surface area (Å²) in [6.45, 7) is 5.73. The largest absolute Gasteiger partial charge is 0.339 e. The number of nitrogens with zero attached hydrogens (tertiary/aromatic N) is 2. The molecule has 1 amide bonds. The number of nitrogens with one attached hydrogen (secondary N) is 1. The molecule has 4 nitrogen and oxygen atoms in total. The molecule has 0 bridgehead atoms. The molecule has 0 aromatic heterocycles. The van der Waals surface area contributed by atoms with Gasteiger partial charge in [-0.3, -0.25) is 9.69 Å². The van der Waals surface area contributed by atoms with Gasteiger partial charge in [-0.2, -0.15) is 0 Å². The van der Waals surface area contributed by atoms with Crippen LogP contribution in [0.25, 0.3) is 0 Å². The zero-order chi connectivity index (χ0) is 15.4. The van der Waals surface area contributed by atoms with Crippen molar-refractivity contribution in [1.29, 1.82) is 0 Å². The molecule has 1 unspecified atom stereocenters. The summed E-state index contributed by atoms with van der Waals surface area (Å²) in [5.74, 6) is 0.163. The Bertz CT molecular complexity index is 504. The van der Waals surface area contributed by atoms with Crippen molar-refractivity contribution in [3.63, 3.8) is 0 Å². The molecular formula is C15H21Cl2N3O. The molecule has 1 saturated heterocycles. The number of piperazine rings is 1. The van der Waals surface area contributed by atoms with Gasteiger partial charge in [-0.25, -0.2) is 0 Å². The van der Waals surface area contributed by atoms with E-state index in [0.717, 1.165) is 31.7 Å². The van der Waals surface area contributed by atoms with Gasteiger partial charge < -0.3 is 10.2 Å². The Labute approximate surface area is 136 Å². The predicted molar refractivity (Wildman–Crippen MR) is 87.0 cm³/mol. The van der Waals surface area contributed by atoms with Gasteiger partial charge in [0.05, 0.1) is 6.54 Å². The van der Waals surface area contributed by atoms with Gasteiger partial charge in [-0.05, 0) is 31.7 Å². The lowest BCUT2D eigenvalue weighted by molar-refractivity contribution is -0.133. The number of carbonyl (C=O) groups is 1. The molecule has 2 rings (SSSR count). The highest BCUT2D eigenvalue weighted by Crippen LogP contribution is 2.28. The first-order valence-corrected chi connectivity index (χ1v) is 7.88. The van der Waals surface area contributed by atoms with Crippen molar-refractivity contribution in [2.75, 3.05) is 39.8 Å². The lowest BCUT2D eigenvalue weighted by Crippen LogP contribution is -2.49. The van der Waals surface area contributed by atoms with Crippen LogP contribution in [0.15, 0.2) is 18.2 Å². The quantitative estimate of drug-likeness (QED) is 0.921. The second-order valence-corrected chi connectivity index (χ2v) is 6.23. The number of hydrogen-bond acceptors (Lipinski definition) is 3. The molecule has 1 aromatic carbocycles. The summed E-state index contributed by atoms with van der Waals surface area (Å²) < 4.78 is 0. The molecule has 1 fully saturated rings. The van der Waals surface area contributed by atoms with Crippen LogP contribution in [0, 0.1) is 0 Å². The highest BCUT2D eigenvalue weighted by molar-refractivity contribution is 6.35. The van der Waals surface area contributed by atoms with E-state index in [2.05, 4.69) is 5.32 Å². The van der Waals surface area contributed by atoms with Gasteiger partial charge in [0.15, 0.2) is 0 Å². The molecule has 1 aromatic rings. The van der Waals surface area contributed by atoms with Crippen LogP contribution in [0.3, 0.4) is 0 Å². The summed E-state index contributed by atoms with van der Waals surface area (Å²) in [7, 11) is 1.94. The topological polar surface area (TPSA) is 35.6 Å². The first-order valence-electron chi connectivity index (χ1n) is 7.12. The van der Waals surface area contributed by atoms with Gasteiger partial charge >= 0.3 is 0 Å². The molecule has 0 radical (unpaired) electrons. The molecule has 116 valence electrons. The molecule has 0 saturated carbocycles. The van der Waals surface area contributed by atoms with Gasteiger partial charge in [0.25, 0.3) is 0 Å². The van der Waals surface area contributed by atoms with Crippen LogP contribution >= 0.6 is 23.2 Å². The highest BCUT2D eigenvalue weighted by atomic mass is 35.5. The fraction of sp³-hybridized carbons (Fsp3) is 0.533. The maximum Gasteiger partial charge on any atom is 0.236 e. The first-order chi connectivity index (χ1) is 9.99. The van der Waals surface area contributed by atoms with E-state index in [9.17, 15) is 4.79 Å². The number of rotatable bonds is 4. The van der Waals surface area contributed by atoms with E-state index in [1.165, 1.54) is 0 Å². The fourth-order valence-corrected chi connectivity index (χ4v) is 3.01. The normalized spacial score (nSPS) is 17.1. The molecular weight excluding hydrogens is 309 g/mol. The first kappa shape index (κ1) is 16.6. The average molecular weight is 330 g/mol. The Morgan fingerprint density at radius 3 is 2.67 bits per heavy atom. The van der Waals surface area contributed by atoms with Gasteiger partial charge in [0, 0.05) is 42.3 Å². The van der Waals surface area contributed by atoms with E-state index in [-0.39, 0.29) is 11.9 Å². The van der Waals surface area contributed by atoms with Crippen LogP contribution in [-0.4, -0.2) is 55.5 Å². The van der Waals surface area contributed by atoms with Crippen molar-refractivity contribution >= 4 is 29.1 Å². The second-order valence-electron chi connectivity index (χ2n) is 5.39. The Kier molecular flexibility index (Phi) is 5.88. The van der Waals surface area contributed by atoms with E-state index in [1.54, 1.807) is 6.07 Å². The molecule has 6 heteroatoms. The summed E-state index contributed by atoms with van der Waals surface area (Å²) in [6, 6.07) is 5.54. The predicted octanol–water partition coefficient (Wildman–Crippen LogP) is 2.42. The Hall–Kier alpha value is -0.810. The summed E-state index contributed by atoms with van der Waals surface area (Å²) in [5, 5.41) is 4.50. The third-order valence-corrected chi connectivity index (χ3v) is 4.49. The average Bonchev–Trinajstić information content (AvgIpc) is 2.47. The number of hydrogen-bond donors (Lipinski definition) is 1. The minimum atomic E-state index is 0.0571. The van der Waals surface area contributed by atoms with Crippen molar-refractivity contribution in [2.24, 2.45) is 0 Å². The van der Waals surface area contributed by atoms with E-state index in [0.29, 0.717) is 16.6 Å². The monoisotopic (exact) mass is 329 g/mol. The number of benzene rings is 1. The molecule has 21 heavy (non-hydrogen) atoms. The van der Waals surface area contributed by atoms with Crippen molar-refractivity contribution < 1.29 is 4.79 Å². The lowest BCUT2D eigenvalue weighted by Gasteiger charge is -2.31. The molecule has 0 spiro atoms. The van der Waals surface area contributed by atoms with E-state index >= 15 is 0 Å². The van der Waals surface area contributed by atoms with Gasteiger partial charge in [-0.15, -0.1) is 0 Å². The van der Waals surface area contributed by atoms with E-state index in [1.807, 2.05) is 35.9 Å². The van der Waals surface area contributed by atoms with Crippen molar-refractivity contribution in [3.05, 3.63) is 33.8 Å². The van der Waals surface area contributed by atoms with Crippen molar-refractivity contribution in [3.8, 4) is 0 Å². The number of amides is 1. The Morgan fingerprint density at radius 1 is 1.38 bits per heavy atom. The Morgan fingerprint density at radius 2 is 2.05 bits per heavy atom. The lowest BCUT2D eigenvalue weighted by atomic mass is 10.1. The molecule has 1 N–H and O–H groups in total. The Balaban J connectivity index is 1.98. The van der Waals surface area contributed by atoms with Crippen LogP contribution in [0.4, 0.5) is 0 Å². The third kappa shape index (κ3) is 4.33. The number of halogens is 2. The van der Waals surface area contributed by atoms with Crippen LogP contribution in [0.2, 0.25) is 10.0 Å². The summed E-state index contributed by atoms with van der Waals surface area (Å²) >= 11 is 12.2. The third-order valence-electron chi connectivity index (χ3n) is 3.93. The minimum Gasteiger partial charge on any atom is -0.339 e. The second kappa shape index (κ2) is 7.45. The minimum absolute atomic E-state index is 0.0571. The van der Waals surface area contributed by atoms with Gasteiger partial charge in [0.1, 0.15) is 0 Å². The highest BCUT2D eigenvalue weighted by Gasteiger charge is 2.21. The van der Waals surface area contributed by atoms with Gasteiger partial charge in [0.2, 0.25) is 5.91 Å². The molecule has 1 heterocycles. The molecule has 1 aliphatic heterocycles. The number of likely N-dealkylation sites (N-methyl/N-ethyl adjacent to an activating group) is 1. The molecule has 1 aliphatic rings. The SMILES string of the molecule is CC(c1ccc(Cl)cc1Cl)N(C)CC(=O)N1CCNCC1. The smallest absolute Gasteiger partial charge is 0.236 e. The fourth-order valence-electron chi connectivity index (χ4n) is 2.44. The number of carbonyl (C=O) groups excluding carboxylic acids is 1. The summed E-state index contributed by atoms with van der Waals surface area (Å²) in [4.78, 5) is 16.2. The van der Waals surface area contributed by atoms with Crippen molar-refractivity contribution in [2.45, 2.75) is 13.0 Å². The maximum absolute atomic E-state index is 12.3. The zero-order valence-corrected chi connectivity index (χ0v) is 13.9. The maximum atomic E-state index is 12.3. The van der Waals surface area contributed by atoms with Crippen LogP contribution in [0.5, 0.6) is 0 Å². The molecule has 0 aliphatic carbocycles. The summed E-state index contributed by atoms with van der Waals surface area (Å²) in [5.41, 5.74) is 0.983. The molecule has 1 atom stereocenters. The van der Waals surface area contributed by atoms with Gasteiger partial charge in [-0.1, -0.05) is 29.3 Å². The standard InChI is InChI=1S/C15H21Cl2N3O/c1-11(13-4-3-12(16)9-14(13)17)19(2)10-15(21)20-7-5-18-6-8-20/h3-4,9,11,18H,5-8,10H2,1-2H3.